The van der Waals surface area contributed by atoms with Crippen LogP contribution < -0.4 is 0 Å². The fourth-order valence-corrected chi connectivity index (χ4v) is 2.05. The van der Waals surface area contributed by atoms with Gasteiger partial charge in [0.25, 0.3) is 0 Å². The van der Waals surface area contributed by atoms with E-state index in [9.17, 15) is 0 Å². The molecule has 0 aromatic carbocycles. The van der Waals surface area contributed by atoms with E-state index in [1.54, 1.807) is 0 Å². The number of rotatable bonds is 2. The molecular weight excluding hydrogens is 164 g/mol. The molecule has 1 aliphatic rings. The molecule has 0 N–H and O–H groups in total. The SMILES string of the molecule is CCC1(CC)COC(C)(C)OC1C. The van der Waals surface area contributed by atoms with E-state index in [4.69, 9.17) is 9.47 Å². The van der Waals surface area contributed by atoms with Gasteiger partial charge < -0.3 is 9.47 Å². The van der Waals surface area contributed by atoms with E-state index in [-0.39, 0.29) is 5.41 Å². The van der Waals surface area contributed by atoms with Crippen LogP contribution in [0.2, 0.25) is 0 Å². The van der Waals surface area contributed by atoms with Gasteiger partial charge in [-0.2, -0.15) is 0 Å². The highest BCUT2D eigenvalue weighted by molar-refractivity contribution is 4.87. The minimum atomic E-state index is -0.396. The summed E-state index contributed by atoms with van der Waals surface area (Å²) in [5.41, 5.74) is 0.232. The largest absolute Gasteiger partial charge is 0.350 e. The summed E-state index contributed by atoms with van der Waals surface area (Å²) in [6.07, 6.45) is 2.55. The van der Waals surface area contributed by atoms with Gasteiger partial charge in [0, 0.05) is 5.41 Å². The van der Waals surface area contributed by atoms with Crippen LogP contribution >= 0.6 is 0 Å². The number of hydrogen-bond acceptors (Lipinski definition) is 2. The first-order valence-electron chi connectivity index (χ1n) is 5.27. The monoisotopic (exact) mass is 186 g/mol. The average Bonchev–Trinajstić information content (AvgIpc) is 2.05. The Labute approximate surface area is 81.6 Å². The van der Waals surface area contributed by atoms with Crippen LogP contribution in [0.3, 0.4) is 0 Å². The zero-order valence-electron chi connectivity index (χ0n) is 9.52. The molecule has 78 valence electrons. The van der Waals surface area contributed by atoms with Crippen molar-refractivity contribution < 1.29 is 9.47 Å². The van der Waals surface area contributed by atoms with Crippen LogP contribution in [0.15, 0.2) is 0 Å². The van der Waals surface area contributed by atoms with Crippen molar-refractivity contribution in [2.75, 3.05) is 6.61 Å². The van der Waals surface area contributed by atoms with Gasteiger partial charge in [0.15, 0.2) is 5.79 Å². The minimum Gasteiger partial charge on any atom is -0.350 e. The normalized spacial score (nSPS) is 31.6. The maximum Gasteiger partial charge on any atom is 0.163 e. The molecule has 0 amide bonds. The zero-order valence-corrected chi connectivity index (χ0v) is 9.52. The smallest absolute Gasteiger partial charge is 0.163 e. The summed E-state index contributed by atoms with van der Waals surface area (Å²) in [7, 11) is 0. The first kappa shape index (κ1) is 11.0. The van der Waals surface area contributed by atoms with Crippen molar-refractivity contribution >= 4 is 0 Å². The Kier molecular flexibility index (Phi) is 3.03. The average molecular weight is 186 g/mol. The molecule has 1 saturated heterocycles. The molecule has 1 atom stereocenters. The van der Waals surface area contributed by atoms with E-state index in [1.165, 1.54) is 0 Å². The second-order valence-electron chi connectivity index (χ2n) is 4.52. The molecule has 0 aromatic rings. The molecule has 0 aromatic heterocycles. The van der Waals surface area contributed by atoms with Crippen LogP contribution in [0, 0.1) is 5.41 Å². The van der Waals surface area contributed by atoms with E-state index in [1.807, 2.05) is 13.8 Å². The van der Waals surface area contributed by atoms with Crippen molar-refractivity contribution in [1.29, 1.82) is 0 Å². The molecule has 1 heterocycles. The van der Waals surface area contributed by atoms with Gasteiger partial charge in [-0.25, -0.2) is 0 Å². The maximum atomic E-state index is 5.85. The first-order chi connectivity index (χ1) is 5.96. The van der Waals surface area contributed by atoms with Crippen LogP contribution in [-0.2, 0) is 9.47 Å². The predicted molar refractivity (Wildman–Crippen MR) is 53.6 cm³/mol. The van der Waals surface area contributed by atoms with Crippen LogP contribution in [0.5, 0.6) is 0 Å². The van der Waals surface area contributed by atoms with Crippen molar-refractivity contribution in [3.05, 3.63) is 0 Å². The van der Waals surface area contributed by atoms with Gasteiger partial charge in [-0.05, 0) is 33.6 Å². The van der Waals surface area contributed by atoms with Gasteiger partial charge in [-0.15, -0.1) is 0 Å². The predicted octanol–water partition coefficient (Wildman–Crippen LogP) is 2.96. The molecule has 1 aliphatic heterocycles. The summed E-state index contributed by atoms with van der Waals surface area (Å²) in [4.78, 5) is 0. The maximum absolute atomic E-state index is 5.85. The number of ether oxygens (including phenoxy) is 2. The highest BCUT2D eigenvalue weighted by Gasteiger charge is 2.43. The lowest BCUT2D eigenvalue weighted by molar-refractivity contribution is -0.315. The van der Waals surface area contributed by atoms with Crippen molar-refractivity contribution in [2.24, 2.45) is 5.41 Å². The summed E-state index contributed by atoms with van der Waals surface area (Å²) in [6, 6.07) is 0. The lowest BCUT2D eigenvalue weighted by Gasteiger charge is -2.47. The van der Waals surface area contributed by atoms with E-state index in [0.29, 0.717) is 6.10 Å². The molecule has 0 bridgehead atoms. The standard InChI is InChI=1S/C11H22O2/c1-6-11(7-2)8-12-10(4,5)13-9(11)3/h9H,6-8H2,1-5H3. The number of hydrogen-bond donors (Lipinski definition) is 0. The van der Waals surface area contributed by atoms with Crippen molar-refractivity contribution in [3.63, 3.8) is 0 Å². The highest BCUT2D eigenvalue weighted by Crippen LogP contribution is 2.40. The Morgan fingerprint density at radius 2 is 1.77 bits per heavy atom. The van der Waals surface area contributed by atoms with Gasteiger partial charge in [0.05, 0.1) is 12.7 Å². The molecular formula is C11H22O2. The second kappa shape index (κ2) is 3.58. The molecule has 1 unspecified atom stereocenters. The van der Waals surface area contributed by atoms with E-state index >= 15 is 0 Å². The quantitative estimate of drug-likeness (QED) is 0.660. The van der Waals surface area contributed by atoms with E-state index in [2.05, 4.69) is 20.8 Å². The Morgan fingerprint density at radius 1 is 1.23 bits per heavy atom. The minimum absolute atomic E-state index is 0.232. The fourth-order valence-electron chi connectivity index (χ4n) is 2.05. The van der Waals surface area contributed by atoms with Crippen molar-refractivity contribution in [2.45, 2.75) is 59.4 Å². The molecule has 0 aliphatic carbocycles. The summed E-state index contributed by atoms with van der Waals surface area (Å²) >= 11 is 0. The molecule has 0 saturated carbocycles. The van der Waals surface area contributed by atoms with Crippen molar-refractivity contribution in [1.82, 2.24) is 0 Å². The summed E-state index contributed by atoms with van der Waals surface area (Å²) < 4.78 is 11.6. The summed E-state index contributed by atoms with van der Waals surface area (Å²) in [6.45, 7) is 11.4. The highest BCUT2D eigenvalue weighted by atomic mass is 16.7. The zero-order chi connectivity index (χ0) is 10.1. The molecule has 13 heavy (non-hydrogen) atoms. The molecule has 0 radical (unpaired) electrons. The van der Waals surface area contributed by atoms with Gasteiger partial charge in [-0.3, -0.25) is 0 Å². The third-order valence-electron chi connectivity index (χ3n) is 3.44. The van der Waals surface area contributed by atoms with E-state index < -0.39 is 5.79 Å². The Bertz CT molecular complexity index is 171. The van der Waals surface area contributed by atoms with Gasteiger partial charge in [0.2, 0.25) is 0 Å². The van der Waals surface area contributed by atoms with Crippen LogP contribution in [0.1, 0.15) is 47.5 Å². The fraction of sp³-hybridized carbons (Fsp3) is 1.00. The Balaban J connectivity index is 2.72. The van der Waals surface area contributed by atoms with Gasteiger partial charge in [-0.1, -0.05) is 13.8 Å². The molecule has 0 spiro atoms. The third-order valence-corrected chi connectivity index (χ3v) is 3.44. The summed E-state index contributed by atoms with van der Waals surface area (Å²) in [5.74, 6) is -0.396. The molecule has 1 fully saturated rings. The lowest BCUT2D eigenvalue weighted by Crippen LogP contribution is -2.51. The first-order valence-corrected chi connectivity index (χ1v) is 5.27. The third kappa shape index (κ3) is 2.05. The van der Waals surface area contributed by atoms with Crippen LogP contribution in [-0.4, -0.2) is 18.5 Å². The molecule has 2 heteroatoms. The topological polar surface area (TPSA) is 18.5 Å². The second-order valence-corrected chi connectivity index (χ2v) is 4.52. The lowest BCUT2D eigenvalue weighted by atomic mass is 9.77. The van der Waals surface area contributed by atoms with Gasteiger partial charge in [0.1, 0.15) is 0 Å². The molecule has 1 rings (SSSR count). The van der Waals surface area contributed by atoms with Crippen LogP contribution in [0.4, 0.5) is 0 Å². The van der Waals surface area contributed by atoms with Crippen LogP contribution in [0.25, 0.3) is 0 Å². The Hall–Kier alpha value is -0.0800. The van der Waals surface area contributed by atoms with Crippen molar-refractivity contribution in [3.8, 4) is 0 Å². The van der Waals surface area contributed by atoms with Gasteiger partial charge >= 0.3 is 0 Å². The summed E-state index contributed by atoms with van der Waals surface area (Å²) in [5, 5.41) is 0. The molecule has 2 nitrogen and oxygen atoms in total. The Morgan fingerprint density at radius 3 is 2.15 bits per heavy atom. The van der Waals surface area contributed by atoms with E-state index in [0.717, 1.165) is 19.4 Å².